The van der Waals surface area contributed by atoms with Gasteiger partial charge in [-0.2, -0.15) is 0 Å². The van der Waals surface area contributed by atoms with Gasteiger partial charge < -0.3 is 14.2 Å². The molecular formula is C22H33N5O5S. The monoisotopic (exact) mass is 479 g/mol. The van der Waals surface area contributed by atoms with Crippen molar-refractivity contribution in [2.45, 2.75) is 58.5 Å². The molecule has 0 amide bonds. The van der Waals surface area contributed by atoms with Crippen LogP contribution in [0.1, 0.15) is 43.6 Å². The van der Waals surface area contributed by atoms with Crippen molar-refractivity contribution in [3.8, 4) is 11.5 Å². The number of rotatable bonds is 10. The Labute approximate surface area is 195 Å². The van der Waals surface area contributed by atoms with Gasteiger partial charge in [-0.1, -0.05) is 18.2 Å². The van der Waals surface area contributed by atoms with E-state index in [1.54, 1.807) is 7.11 Å². The highest BCUT2D eigenvalue weighted by Gasteiger charge is 2.43. The van der Waals surface area contributed by atoms with Crippen molar-refractivity contribution < 1.29 is 22.6 Å². The summed E-state index contributed by atoms with van der Waals surface area (Å²) < 4.78 is 45.8. The maximum Gasteiger partial charge on any atom is 0.211 e. The molecule has 1 unspecified atom stereocenters. The van der Waals surface area contributed by atoms with Crippen molar-refractivity contribution in [3.63, 3.8) is 0 Å². The van der Waals surface area contributed by atoms with E-state index in [1.165, 1.54) is 0 Å². The van der Waals surface area contributed by atoms with Crippen LogP contribution in [0, 0.1) is 0 Å². The fourth-order valence-corrected chi connectivity index (χ4v) is 5.54. The van der Waals surface area contributed by atoms with Crippen LogP contribution in [0.4, 0.5) is 0 Å². The number of fused-ring (bicyclic) bond motifs is 1. The lowest BCUT2D eigenvalue weighted by Crippen LogP contribution is -2.44. The Balaban J connectivity index is 1.38. The molecule has 4 rings (SSSR count). The van der Waals surface area contributed by atoms with Crippen LogP contribution in [-0.4, -0.2) is 66.5 Å². The molecule has 2 aromatic rings. The van der Waals surface area contributed by atoms with Gasteiger partial charge in [0, 0.05) is 19.6 Å². The van der Waals surface area contributed by atoms with Crippen molar-refractivity contribution in [1.29, 1.82) is 0 Å². The molecule has 1 aromatic heterocycles. The largest absolute Gasteiger partial charge is 0.493 e. The number of likely N-dealkylation sites (tertiary alicyclic amines) is 1. The Morgan fingerprint density at radius 3 is 2.85 bits per heavy atom. The van der Waals surface area contributed by atoms with Crippen LogP contribution >= 0.6 is 0 Å². The first-order chi connectivity index (χ1) is 15.9. The van der Waals surface area contributed by atoms with Crippen LogP contribution in [0.15, 0.2) is 18.2 Å². The van der Waals surface area contributed by atoms with Crippen LogP contribution in [-0.2, 0) is 41.0 Å². The van der Waals surface area contributed by atoms with Gasteiger partial charge in [-0.25, -0.2) is 17.8 Å². The first-order valence-electron chi connectivity index (χ1n) is 11.4. The second-order valence-electron chi connectivity index (χ2n) is 8.63. The van der Waals surface area contributed by atoms with Crippen LogP contribution in [0.25, 0.3) is 0 Å². The molecule has 2 aliphatic rings. The highest BCUT2D eigenvalue weighted by atomic mass is 32.2. The summed E-state index contributed by atoms with van der Waals surface area (Å²) in [4.78, 5) is 2.37. The van der Waals surface area contributed by atoms with Crippen molar-refractivity contribution in [1.82, 2.24) is 24.6 Å². The second-order valence-corrected chi connectivity index (χ2v) is 10.6. The van der Waals surface area contributed by atoms with E-state index in [9.17, 15) is 8.42 Å². The lowest BCUT2D eigenvalue weighted by molar-refractivity contribution is -0.0844. The first kappa shape index (κ1) is 23.9. The molecule has 1 N–H and O–H groups in total. The molecule has 10 nitrogen and oxygen atoms in total. The Hall–Kier alpha value is -2.21. The quantitative estimate of drug-likeness (QED) is 0.549. The van der Waals surface area contributed by atoms with Gasteiger partial charge in [-0.15, -0.1) is 5.10 Å². The number of methoxy groups -OCH3 is 1. The number of aromatic nitrogens is 3. The third-order valence-corrected chi connectivity index (χ3v) is 7.66. The molecule has 0 bridgehead atoms. The zero-order valence-corrected chi connectivity index (χ0v) is 20.4. The van der Waals surface area contributed by atoms with E-state index in [1.807, 2.05) is 30.7 Å². The van der Waals surface area contributed by atoms with Crippen LogP contribution < -0.4 is 14.2 Å². The van der Waals surface area contributed by atoms with Crippen LogP contribution in [0.3, 0.4) is 0 Å². The standard InChI is InChI=1S/C22H33N5O5S/c1-4-10-33(28,29)23-12-18-19-14-32-22(16-27(19)25-24-18)8-9-26(15-22)13-17-6-7-20(31-5-2)21(11-17)30-3/h6-7,11,23H,4-5,8-10,12-16H2,1-3H3. The van der Waals surface area contributed by atoms with Gasteiger partial charge in [0.15, 0.2) is 11.5 Å². The van der Waals surface area contributed by atoms with Gasteiger partial charge in [0.05, 0.1) is 44.9 Å². The molecule has 2 aliphatic heterocycles. The number of nitrogens with one attached hydrogen (secondary N) is 1. The van der Waals surface area contributed by atoms with Crippen LogP contribution in [0.5, 0.6) is 11.5 Å². The van der Waals surface area contributed by atoms with Crippen molar-refractivity contribution in [3.05, 3.63) is 35.2 Å². The molecule has 1 spiro atoms. The van der Waals surface area contributed by atoms with Gasteiger partial charge >= 0.3 is 0 Å². The molecular weight excluding hydrogens is 446 g/mol. The Kier molecular flexibility index (Phi) is 7.22. The fourth-order valence-electron chi connectivity index (χ4n) is 4.50. The number of nitrogens with zero attached hydrogens (tertiary/aromatic N) is 4. The maximum atomic E-state index is 12.0. The second kappa shape index (κ2) is 9.96. The van der Waals surface area contributed by atoms with Crippen molar-refractivity contribution in [2.24, 2.45) is 0 Å². The van der Waals surface area contributed by atoms with E-state index in [4.69, 9.17) is 14.2 Å². The van der Waals surface area contributed by atoms with Gasteiger partial charge in [-0.05, 0) is 37.5 Å². The maximum absolute atomic E-state index is 12.0. The van der Waals surface area contributed by atoms with Crippen molar-refractivity contribution in [2.75, 3.05) is 32.6 Å². The predicted octanol–water partition coefficient (Wildman–Crippen LogP) is 1.69. The average molecular weight is 480 g/mol. The van der Waals surface area contributed by atoms with Crippen LogP contribution in [0.2, 0.25) is 0 Å². The minimum atomic E-state index is -3.30. The zero-order valence-electron chi connectivity index (χ0n) is 19.5. The summed E-state index contributed by atoms with van der Waals surface area (Å²) in [6, 6.07) is 6.05. The Morgan fingerprint density at radius 1 is 1.24 bits per heavy atom. The molecule has 0 radical (unpaired) electrons. The smallest absolute Gasteiger partial charge is 0.211 e. The normalized spacial score (nSPS) is 20.8. The first-order valence-corrected chi connectivity index (χ1v) is 13.1. The minimum absolute atomic E-state index is 0.103. The number of sulfonamides is 1. The predicted molar refractivity (Wildman–Crippen MR) is 123 cm³/mol. The Morgan fingerprint density at radius 2 is 2.09 bits per heavy atom. The van der Waals surface area contributed by atoms with Gasteiger partial charge in [0.1, 0.15) is 11.3 Å². The number of benzene rings is 1. The molecule has 182 valence electrons. The zero-order chi connectivity index (χ0) is 23.5. The van der Waals surface area contributed by atoms with E-state index >= 15 is 0 Å². The summed E-state index contributed by atoms with van der Waals surface area (Å²) in [5.74, 6) is 1.60. The summed E-state index contributed by atoms with van der Waals surface area (Å²) in [6.07, 6.45) is 1.47. The highest BCUT2D eigenvalue weighted by Crippen LogP contribution is 2.34. The Bertz CT molecular complexity index is 1070. The molecule has 0 saturated carbocycles. The van der Waals surface area contributed by atoms with E-state index < -0.39 is 10.0 Å². The molecule has 11 heteroatoms. The summed E-state index contributed by atoms with van der Waals surface area (Å²) in [6.45, 7) is 8.02. The minimum Gasteiger partial charge on any atom is -0.493 e. The number of ether oxygens (including phenoxy) is 3. The van der Waals surface area contributed by atoms with E-state index in [2.05, 4.69) is 26.0 Å². The average Bonchev–Trinajstić information content (AvgIpc) is 3.37. The molecule has 0 aliphatic carbocycles. The topological polar surface area (TPSA) is 108 Å². The summed E-state index contributed by atoms with van der Waals surface area (Å²) in [5, 5.41) is 8.50. The number of hydrogen-bond acceptors (Lipinski definition) is 8. The molecule has 3 heterocycles. The molecule has 1 atom stereocenters. The van der Waals surface area contributed by atoms with Gasteiger partial charge in [-0.3, -0.25) is 4.90 Å². The fraction of sp³-hybridized carbons (Fsp3) is 0.636. The molecule has 33 heavy (non-hydrogen) atoms. The number of hydrogen-bond donors (Lipinski definition) is 1. The SMILES string of the molecule is CCCS(=O)(=O)NCc1nnn2c1COC1(CCN(Cc3ccc(OCC)c(OC)c3)C1)C2. The van der Waals surface area contributed by atoms with Crippen molar-refractivity contribution >= 4 is 10.0 Å². The molecule has 1 saturated heterocycles. The lowest BCUT2D eigenvalue weighted by Gasteiger charge is -2.34. The van der Waals surface area contributed by atoms with Gasteiger partial charge in [0.25, 0.3) is 0 Å². The summed E-state index contributed by atoms with van der Waals surface area (Å²) in [7, 11) is -1.64. The molecule has 1 aromatic carbocycles. The third kappa shape index (κ3) is 5.48. The lowest BCUT2D eigenvalue weighted by atomic mass is 10.0. The third-order valence-electron chi connectivity index (χ3n) is 6.13. The summed E-state index contributed by atoms with van der Waals surface area (Å²) >= 11 is 0. The van der Waals surface area contributed by atoms with E-state index in [0.717, 1.165) is 48.8 Å². The van der Waals surface area contributed by atoms with Gasteiger partial charge in [0.2, 0.25) is 10.0 Å². The van der Waals surface area contributed by atoms with E-state index in [0.29, 0.717) is 31.9 Å². The molecule has 1 fully saturated rings. The van der Waals surface area contributed by atoms with E-state index in [-0.39, 0.29) is 17.9 Å². The summed E-state index contributed by atoms with van der Waals surface area (Å²) in [5.41, 5.74) is 2.32. The highest BCUT2D eigenvalue weighted by molar-refractivity contribution is 7.89.